The van der Waals surface area contributed by atoms with E-state index in [1.165, 1.54) is 6.07 Å². The molecule has 1 aromatic carbocycles. The molecule has 0 saturated carbocycles. The highest BCUT2D eigenvalue weighted by Gasteiger charge is 2.19. The van der Waals surface area contributed by atoms with Crippen LogP contribution in [-0.2, 0) is 10.8 Å². The fraction of sp³-hybridized carbons (Fsp3) is 0.538. The molecule has 0 fully saturated rings. The number of benzene rings is 1. The first-order valence-electron chi connectivity index (χ1n) is 6.38. The molecule has 3 nitrogen and oxygen atoms in total. The van der Waals surface area contributed by atoms with Crippen LogP contribution in [0.1, 0.15) is 37.7 Å². The average molecular weight is 290 g/mol. The van der Waals surface area contributed by atoms with Gasteiger partial charge in [-0.05, 0) is 37.0 Å². The van der Waals surface area contributed by atoms with Gasteiger partial charge in [0.05, 0.1) is 0 Å². The summed E-state index contributed by atoms with van der Waals surface area (Å²) in [4.78, 5) is 0. The second-order valence-electron chi connectivity index (χ2n) is 4.61. The molecule has 0 unspecified atom stereocenters. The molecule has 0 aliphatic rings. The maximum Gasteiger partial charge on any atom is 0.267 e. The van der Waals surface area contributed by atoms with Gasteiger partial charge in [0.15, 0.2) is 22.1 Å². The lowest BCUT2D eigenvalue weighted by atomic mass is 10.0. The van der Waals surface area contributed by atoms with E-state index in [2.05, 4.69) is 4.43 Å². The van der Waals surface area contributed by atoms with Gasteiger partial charge in [-0.1, -0.05) is 18.9 Å². The Bertz CT molecular complexity index is 399. The molecule has 1 rings (SSSR count). The number of hydrogen-bond donors (Lipinski definition) is 2. The second-order valence-corrected chi connectivity index (χ2v) is 5.02. The van der Waals surface area contributed by atoms with Gasteiger partial charge in [0.2, 0.25) is 0 Å². The minimum atomic E-state index is -1.98. The number of unbranched alkanes of at least 4 members (excludes halogenated alkanes) is 3. The fourth-order valence-electron chi connectivity index (χ4n) is 1.84. The van der Waals surface area contributed by atoms with Gasteiger partial charge in [0.1, 0.15) is 0 Å². The first kappa shape index (κ1) is 16.2. The van der Waals surface area contributed by atoms with Crippen molar-refractivity contribution < 1.29 is 23.4 Å². The van der Waals surface area contributed by atoms with Gasteiger partial charge >= 0.3 is 0 Å². The molecular formula is C13H20F2O3Si. The molecule has 0 saturated heterocycles. The van der Waals surface area contributed by atoms with Gasteiger partial charge in [-0.2, -0.15) is 0 Å². The van der Waals surface area contributed by atoms with Gasteiger partial charge in [0, 0.05) is 6.42 Å². The van der Waals surface area contributed by atoms with Crippen LogP contribution in [0.2, 0.25) is 0 Å². The van der Waals surface area contributed by atoms with Crippen molar-refractivity contribution in [1.29, 1.82) is 0 Å². The highest BCUT2D eigenvalue weighted by atomic mass is 28.2. The molecule has 6 heteroatoms. The predicted molar refractivity (Wildman–Crippen MR) is 71.3 cm³/mol. The molecule has 0 aliphatic carbocycles. The summed E-state index contributed by atoms with van der Waals surface area (Å²) in [6.45, 7) is 0. The van der Waals surface area contributed by atoms with E-state index in [-0.39, 0.29) is 16.9 Å². The molecular weight excluding hydrogens is 270 g/mol. The molecule has 0 aliphatic heterocycles. The third-order valence-corrected chi connectivity index (χ3v) is 3.68. The quantitative estimate of drug-likeness (QED) is 0.432. The molecule has 1 aromatic rings. The maximum absolute atomic E-state index is 12.9. The third-order valence-electron chi connectivity index (χ3n) is 3.03. The molecule has 0 radical (unpaired) electrons. The number of rotatable bonds is 8. The minimum absolute atomic E-state index is 0.196. The van der Waals surface area contributed by atoms with Crippen molar-refractivity contribution >= 4 is 10.5 Å². The summed E-state index contributed by atoms with van der Waals surface area (Å²) in [5.74, 6) is -3.62. The van der Waals surface area contributed by atoms with E-state index in [1.54, 1.807) is 6.07 Å². The Labute approximate surface area is 114 Å². The molecule has 0 heterocycles. The fourth-order valence-corrected chi connectivity index (χ4v) is 2.04. The maximum atomic E-state index is 12.9. The minimum Gasteiger partial charge on any atom is -0.381 e. The number of halogens is 2. The zero-order chi connectivity index (χ0) is 14.3. The summed E-state index contributed by atoms with van der Waals surface area (Å²) < 4.78 is 30.3. The van der Waals surface area contributed by atoms with E-state index in [9.17, 15) is 19.0 Å². The number of hydrogen-bond acceptors (Lipinski definition) is 3. The molecule has 0 aromatic heterocycles. The van der Waals surface area contributed by atoms with E-state index in [4.69, 9.17) is 0 Å². The third kappa shape index (κ3) is 6.24. The van der Waals surface area contributed by atoms with Crippen LogP contribution in [0.25, 0.3) is 0 Å². The molecule has 0 amide bonds. The predicted octanol–water partition coefficient (Wildman–Crippen LogP) is 1.39. The van der Waals surface area contributed by atoms with Crippen molar-refractivity contribution in [2.24, 2.45) is 0 Å². The monoisotopic (exact) mass is 290 g/mol. The van der Waals surface area contributed by atoms with E-state index < -0.39 is 17.6 Å². The Balaban J connectivity index is 2.16. The molecule has 0 atom stereocenters. The largest absolute Gasteiger partial charge is 0.381 e. The summed E-state index contributed by atoms with van der Waals surface area (Å²) in [5, 5.41) is 18.4. The summed E-state index contributed by atoms with van der Waals surface area (Å²) in [6.07, 6.45) is 4.15. The van der Waals surface area contributed by atoms with Crippen LogP contribution in [0.5, 0.6) is 0 Å². The highest BCUT2D eigenvalue weighted by Crippen LogP contribution is 2.15. The smallest absolute Gasteiger partial charge is 0.267 e. The van der Waals surface area contributed by atoms with Gasteiger partial charge in [-0.15, -0.1) is 0 Å². The van der Waals surface area contributed by atoms with E-state index >= 15 is 0 Å². The Hall–Kier alpha value is -0.823. The molecule has 0 spiro atoms. The van der Waals surface area contributed by atoms with Crippen LogP contribution in [0.3, 0.4) is 0 Å². The lowest BCUT2D eigenvalue weighted by Gasteiger charge is -2.19. The Morgan fingerprint density at radius 2 is 1.74 bits per heavy atom. The summed E-state index contributed by atoms with van der Waals surface area (Å²) >= 11 is 0. The average Bonchev–Trinajstić information content (AvgIpc) is 2.37. The van der Waals surface area contributed by atoms with Crippen LogP contribution >= 0.6 is 0 Å². The van der Waals surface area contributed by atoms with E-state index in [0.29, 0.717) is 12.8 Å². The van der Waals surface area contributed by atoms with E-state index in [1.807, 2.05) is 0 Å². The Morgan fingerprint density at radius 1 is 1.05 bits per heavy atom. The van der Waals surface area contributed by atoms with Gasteiger partial charge in [0.25, 0.3) is 5.97 Å². The lowest BCUT2D eigenvalue weighted by molar-refractivity contribution is -0.295. The van der Waals surface area contributed by atoms with E-state index in [0.717, 1.165) is 30.9 Å². The van der Waals surface area contributed by atoms with Gasteiger partial charge < -0.3 is 14.6 Å². The summed E-state index contributed by atoms with van der Waals surface area (Å²) in [7, 11) is 0.282. The first-order valence-corrected chi connectivity index (χ1v) is 7.20. The van der Waals surface area contributed by atoms with Crippen molar-refractivity contribution in [3.05, 3.63) is 35.4 Å². The van der Waals surface area contributed by atoms with Crippen LogP contribution in [0, 0.1) is 11.6 Å². The molecule has 0 bridgehead atoms. The van der Waals surface area contributed by atoms with Gasteiger partial charge in [-0.25, -0.2) is 8.78 Å². The highest BCUT2D eigenvalue weighted by molar-refractivity contribution is 5.98. The van der Waals surface area contributed by atoms with Crippen LogP contribution in [0.4, 0.5) is 8.78 Å². The normalized spacial score (nSPS) is 12.0. The van der Waals surface area contributed by atoms with Crippen molar-refractivity contribution in [2.45, 2.75) is 44.5 Å². The zero-order valence-corrected chi connectivity index (χ0v) is 13.0. The Morgan fingerprint density at radius 3 is 2.37 bits per heavy atom. The molecule has 108 valence electrons. The van der Waals surface area contributed by atoms with Crippen LogP contribution in [-0.4, -0.2) is 26.7 Å². The topological polar surface area (TPSA) is 49.7 Å². The summed E-state index contributed by atoms with van der Waals surface area (Å²) in [6, 6.07) is 3.94. The van der Waals surface area contributed by atoms with Crippen molar-refractivity contribution in [1.82, 2.24) is 0 Å². The lowest BCUT2D eigenvalue weighted by Crippen LogP contribution is -2.30. The second kappa shape index (κ2) is 7.69. The van der Waals surface area contributed by atoms with Crippen LogP contribution < -0.4 is 0 Å². The number of aryl methyl sites for hydroxylation is 1. The number of aliphatic hydroxyl groups is 2. The molecule has 2 N–H and O–H groups in total. The zero-order valence-electron chi connectivity index (χ0n) is 11.0. The van der Waals surface area contributed by atoms with Crippen molar-refractivity contribution in [2.75, 3.05) is 0 Å². The standard InChI is InChI=1S/C13H20F2O3Si/c14-11-7-6-10(9-12(11)15)5-3-1-2-4-8-13(16,17)18-19/h6-7,9,16-17H,1-5,8H2,19H3. The SMILES string of the molecule is OC(O)(CCCCCCc1ccc(F)c(F)c1)O[SiH3]. The van der Waals surface area contributed by atoms with Crippen molar-refractivity contribution in [3.63, 3.8) is 0 Å². The van der Waals surface area contributed by atoms with Gasteiger partial charge in [-0.3, -0.25) is 0 Å². The first-order chi connectivity index (χ1) is 8.94. The Kier molecular flexibility index (Phi) is 6.57. The van der Waals surface area contributed by atoms with Crippen LogP contribution in [0.15, 0.2) is 18.2 Å². The van der Waals surface area contributed by atoms with Crippen molar-refractivity contribution in [3.8, 4) is 0 Å². The molecule has 19 heavy (non-hydrogen) atoms. The summed E-state index contributed by atoms with van der Waals surface area (Å²) in [5.41, 5.74) is 0.778.